The summed E-state index contributed by atoms with van der Waals surface area (Å²) in [6.45, 7) is 0.851. The van der Waals surface area contributed by atoms with E-state index in [-0.39, 0.29) is 24.4 Å². The van der Waals surface area contributed by atoms with Gasteiger partial charge in [0.2, 0.25) is 11.8 Å². The van der Waals surface area contributed by atoms with Crippen LogP contribution in [0.5, 0.6) is 0 Å². The fraction of sp³-hybridized carbons (Fsp3) is 0.846. The summed E-state index contributed by atoms with van der Waals surface area (Å²) in [4.78, 5) is 26.8. The summed E-state index contributed by atoms with van der Waals surface area (Å²) in [5.41, 5.74) is 0. The average Bonchev–Trinajstić information content (AvgIpc) is 2.75. The molecule has 2 unspecified atom stereocenters. The monoisotopic (exact) mass is 254 g/mol. The minimum atomic E-state index is -0.415. The molecule has 1 aliphatic heterocycles. The molecule has 1 aliphatic carbocycles. The fourth-order valence-corrected chi connectivity index (χ4v) is 2.87. The van der Waals surface area contributed by atoms with E-state index in [0.29, 0.717) is 13.0 Å². The van der Waals surface area contributed by atoms with Crippen molar-refractivity contribution in [2.24, 2.45) is 0 Å². The number of carbonyl (C=O) groups is 2. The maximum absolute atomic E-state index is 12.1. The summed E-state index contributed by atoms with van der Waals surface area (Å²) < 4.78 is 0. The van der Waals surface area contributed by atoms with Gasteiger partial charge >= 0.3 is 0 Å². The van der Waals surface area contributed by atoms with E-state index in [1.54, 1.807) is 16.8 Å². The van der Waals surface area contributed by atoms with Gasteiger partial charge in [-0.05, 0) is 19.3 Å². The molecule has 1 saturated carbocycles. The van der Waals surface area contributed by atoms with E-state index in [1.807, 2.05) is 0 Å². The van der Waals surface area contributed by atoms with Crippen LogP contribution in [-0.2, 0) is 9.59 Å². The van der Waals surface area contributed by atoms with Crippen LogP contribution in [0.4, 0.5) is 0 Å². The lowest BCUT2D eigenvalue weighted by Crippen LogP contribution is -2.49. The van der Waals surface area contributed by atoms with Crippen LogP contribution >= 0.6 is 0 Å². The van der Waals surface area contributed by atoms with E-state index in [1.165, 1.54) is 0 Å². The molecule has 0 aromatic heterocycles. The van der Waals surface area contributed by atoms with Gasteiger partial charge in [0.25, 0.3) is 0 Å². The van der Waals surface area contributed by atoms with Gasteiger partial charge in [-0.3, -0.25) is 9.59 Å². The highest BCUT2D eigenvalue weighted by Crippen LogP contribution is 2.22. The molecule has 0 aromatic carbocycles. The third-order valence-corrected chi connectivity index (χ3v) is 4.08. The van der Waals surface area contributed by atoms with Gasteiger partial charge in [0.05, 0.1) is 18.7 Å². The number of likely N-dealkylation sites (N-methyl/N-ethyl adjacent to an activating group) is 1. The highest BCUT2D eigenvalue weighted by molar-refractivity contribution is 5.85. The van der Waals surface area contributed by atoms with Crippen LogP contribution in [0.25, 0.3) is 0 Å². The molecule has 1 saturated heterocycles. The summed E-state index contributed by atoms with van der Waals surface area (Å²) in [6, 6.07) is -0.0797. The molecule has 5 heteroatoms. The summed E-state index contributed by atoms with van der Waals surface area (Å²) in [6.07, 6.45) is 4.71. The van der Waals surface area contributed by atoms with Crippen LogP contribution < -0.4 is 0 Å². The summed E-state index contributed by atoms with van der Waals surface area (Å²) in [5, 5.41) is 9.93. The SMILES string of the molecule is CN(C(=O)CN1CCCC1=O)C1CCCCC1O. The standard InChI is InChI=1S/C13H22N2O3/c1-14(10-5-2-3-6-11(10)16)13(18)9-15-8-4-7-12(15)17/h10-11,16H,2-9H2,1H3. The predicted octanol–water partition coefficient (Wildman–Crippen LogP) is 0.371. The normalized spacial score (nSPS) is 28.6. The van der Waals surface area contributed by atoms with E-state index < -0.39 is 6.10 Å². The molecular formula is C13H22N2O3. The number of hydrogen-bond acceptors (Lipinski definition) is 3. The van der Waals surface area contributed by atoms with Crippen LogP contribution in [0, 0.1) is 0 Å². The zero-order valence-electron chi connectivity index (χ0n) is 11.0. The Morgan fingerprint density at radius 2 is 2.11 bits per heavy atom. The summed E-state index contributed by atoms with van der Waals surface area (Å²) >= 11 is 0. The third-order valence-electron chi connectivity index (χ3n) is 4.08. The fourth-order valence-electron chi connectivity index (χ4n) is 2.87. The largest absolute Gasteiger partial charge is 0.391 e. The van der Waals surface area contributed by atoms with Gasteiger partial charge in [-0.25, -0.2) is 0 Å². The second-order valence-electron chi connectivity index (χ2n) is 5.34. The van der Waals surface area contributed by atoms with Gasteiger partial charge in [-0.15, -0.1) is 0 Å². The Labute approximate surface area is 108 Å². The zero-order valence-corrected chi connectivity index (χ0v) is 11.0. The lowest BCUT2D eigenvalue weighted by Gasteiger charge is -2.35. The van der Waals surface area contributed by atoms with Crippen molar-refractivity contribution in [3.63, 3.8) is 0 Å². The molecule has 0 radical (unpaired) electrons. The molecule has 0 spiro atoms. The Kier molecular flexibility index (Phi) is 4.22. The molecule has 2 rings (SSSR count). The summed E-state index contributed by atoms with van der Waals surface area (Å²) in [5.74, 6) is 0.0112. The highest BCUT2D eigenvalue weighted by Gasteiger charge is 2.31. The Morgan fingerprint density at radius 3 is 2.72 bits per heavy atom. The number of rotatable bonds is 3. The van der Waals surface area contributed by atoms with E-state index in [2.05, 4.69) is 0 Å². The first-order valence-electron chi connectivity index (χ1n) is 6.81. The maximum atomic E-state index is 12.1. The van der Waals surface area contributed by atoms with Crippen molar-refractivity contribution in [1.29, 1.82) is 0 Å². The number of likely N-dealkylation sites (tertiary alicyclic amines) is 1. The van der Waals surface area contributed by atoms with Crippen LogP contribution in [-0.4, -0.2) is 59.0 Å². The number of carbonyl (C=O) groups excluding carboxylic acids is 2. The average molecular weight is 254 g/mol. The molecule has 1 heterocycles. The number of amides is 2. The number of hydrogen-bond donors (Lipinski definition) is 1. The molecule has 2 atom stereocenters. The second-order valence-corrected chi connectivity index (χ2v) is 5.34. The van der Waals surface area contributed by atoms with Gasteiger partial charge in [0.1, 0.15) is 0 Å². The molecule has 1 N–H and O–H groups in total. The third kappa shape index (κ3) is 2.83. The van der Waals surface area contributed by atoms with Gasteiger partial charge in [0, 0.05) is 20.0 Å². The van der Waals surface area contributed by atoms with Crippen molar-refractivity contribution >= 4 is 11.8 Å². The summed E-state index contributed by atoms with van der Waals surface area (Å²) in [7, 11) is 1.74. The Morgan fingerprint density at radius 1 is 1.39 bits per heavy atom. The lowest BCUT2D eigenvalue weighted by atomic mass is 9.91. The molecule has 2 amide bonds. The molecule has 18 heavy (non-hydrogen) atoms. The van der Waals surface area contributed by atoms with E-state index in [9.17, 15) is 14.7 Å². The first kappa shape index (κ1) is 13.3. The Balaban J connectivity index is 1.89. The topological polar surface area (TPSA) is 60.9 Å². The van der Waals surface area contributed by atoms with Crippen molar-refractivity contribution in [1.82, 2.24) is 9.80 Å². The number of aliphatic hydroxyl groups is 1. The Hall–Kier alpha value is -1.10. The maximum Gasteiger partial charge on any atom is 0.242 e. The van der Waals surface area contributed by atoms with Gasteiger partial charge < -0.3 is 14.9 Å². The van der Waals surface area contributed by atoms with Crippen molar-refractivity contribution in [2.75, 3.05) is 20.1 Å². The number of nitrogens with zero attached hydrogens (tertiary/aromatic N) is 2. The first-order valence-corrected chi connectivity index (χ1v) is 6.81. The van der Waals surface area contributed by atoms with Crippen LogP contribution in [0.1, 0.15) is 38.5 Å². The van der Waals surface area contributed by atoms with E-state index in [4.69, 9.17) is 0 Å². The van der Waals surface area contributed by atoms with Crippen molar-refractivity contribution in [2.45, 2.75) is 50.7 Å². The van der Waals surface area contributed by atoms with Crippen molar-refractivity contribution in [3.8, 4) is 0 Å². The van der Waals surface area contributed by atoms with Crippen LogP contribution in [0.2, 0.25) is 0 Å². The molecule has 2 fully saturated rings. The molecular weight excluding hydrogens is 232 g/mol. The molecule has 5 nitrogen and oxygen atoms in total. The van der Waals surface area contributed by atoms with Gasteiger partial charge in [0.15, 0.2) is 0 Å². The van der Waals surface area contributed by atoms with E-state index >= 15 is 0 Å². The lowest BCUT2D eigenvalue weighted by molar-refractivity contribution is -0.141. The van der Waals surface area contributed by atoms with Crippen molar-refractivity contribution < 1.29 is 14.7 Å². The molecule has 0 bridgehead atoms. The molecule has 0 aromatic rings. The minimum absolute atomic E-state index is 0.0591. The minimum Gasteiger partial charge on any atom is -0.391 e. The second kappa shape index (κ2) is 5.69. The number of aliphatic hydroxyl groups excluding tert-OH is 1. The van der Waals surface area contributed by atoms with Crippen LogP contribution in [0.15, 0.2) is 0 Å². The van der Waals surface area contributed by atoms with Crippen molar-refractivity contribution in [3.05, 3.63) is 0 Å². The molecule has 102 valence electrons. The predicted molar refractivity (Wildman–Crippen MR) is 66.8 cm³/mol. The van der Waals surface area contributed by atoms with Gasteiger partial charge in [-0.2, -0.15) is 0 Å². The smallest absolute Gasteiger partial charge is 0.242 e. The first-order chi connectivity index (χ1) is 8.59. The quantitative estimate of drug-likeness (QED) is 0.791. The van der Waals surface area contributed by atoms with Gasteiger partial charge in [-0.1, -0.05) is 12.8 Å². The van der Waals surface area contributed by atoms with Crippen LogP contribution in [0.3, 0.4) is 0 Å². The molecule has 2 aliphatic rings. The van der Waals surface area contributed by atoms with E-state index in [0.717, 1.165) is 32.1 Å². The Bertz CT molecular complexity index is 332. The highest BCUT2D eigenvalue weighted by atomic mass is 16.3. The zero-order chi connectivity index (χ0) is 13.1.